The van der Waals surface area contributed by atoms with Gasteiger partial charge in [-0.2, -0.15) is 0 Å². The average Bonchev–Trinajstić information content (AvgIpc) is 2.72. The normalized spacial score (nSPS) is 10.4. The fourth-order valence-electron chi connectivity index (χ4n) is 1.32. The van der Waals surface area contributed by atoms with Gasteiger partial charge < -0.3 is 19.8 Å². The summed E-state index contributed by atoms with van der Waals surface area (Å²) in [7, 11) is 1.63. The monoisotopic (exact) mass is 280 g/mol. The highest BCUT2D eigenvalue weighted by Gasteiger charge is 2.21. The van der Waals surface area contributed by atoms with Gasteiger partial charge in [-0.15, -0.1) is 0 Å². The van der Waals surface area contributed by atoms with Crippen LogP contribution < -0.4 is 0 Å². The van der Waals surface area contributed by atoms with E-state index in [1.807, 2.05) is 0 Å². The summed E-state index contributed by atoms with van der Waals surface area (Å²) in [6.45, 7) is 0. The Bertz CT molecular complexity index is 637. The molecule has 0 bridgehead atoms. The van der Waals surface area contributed by atoms with Crippen molar-refractivity contribution in [2.75, 3.05) is 0 Å². The topological polar surface area (TPSA) is 111 Å². The molecule has 0 aliphatic rings. The van der Waals surface area contributed by atoms with E-state index < -0.39 is 10.9 Å². The number of aryl methyl sites for hydroxylation is 1. The Labute approximate surface area is 111 Å². The fraction of sp³-hybridized carbons (Fsp3) is 0.100. The number of carboxylic acid groups (broad SMARTS) is 1. The Balaban J connectivity index is 2.28. The lowest BCUT2D eigenvalue weighted by Crippen LogP contribution is -1.97. The Morgan fingerprint density at radius 1 is 1.47 bits per heavy atom. The van der Waals surface area contributed by atoms with E-state index in [-0.39, 0.29) is 11.4 Å². The number of hydrogen-bond acceptors (Lipinski definition) is 6. The molecule has 8 nitrogen and oxygen atoms in total. The van der Waals surface area contributed by atoms with E-state index in [0.717, 1.165) is 11.8 Å². The zero-order valence-electron chi connectivity index (χ0n) is 9.68. The molecule has 0 aromatic carbocycles. The van der Waals surface area contributed by atoms with Crippen LogP contribution in [0.15, 0.2) is 34.7 Å². The molecule has 0 amide bonds. The predicted octanol–water partition coefficient (Wildman–Crippen LogP) is 1.57. The quantitative estimate of drug-likeness (QED) is 0.668. The second kappa shape index (κ2) is 5.06. The molecule has 0 radical (unpaired) electrons. The summed E-state index contributed by atoms with van der Waals surface area (Å²) in [5.74, 6) is -1.33. The molecule has 0 aliphatic heterocycles. The smallest absolute Gasteiger partial charge is 0.396 e. The van der Waals surface area contributed by atoms with Crippen molar-refractivity contribution >= 4 is 23.5 Å². The molecule has 2 heterocycles. The predicted molar refractivity (Wildman–Crippen MR) is 65.2 cm³/mol. The SMILES string of the molecule is Cn1cnc([N+](=O)[O-])c1Sc1ccc(C(=O)O)cn1. The van der Waals surface area contributed by atoms with E-state index in [4.69, 9.17) is 5.11 Å². The zero-order valence-corrected chi connectivity index (χ0v) is 10.5. The van der Waals surface area contributed by atoms with Crippen LogP contribution in [0.5, 0.6) is 0 Å². The largest absolute Gasteiger partial charge is 0.478 e. The first-order valence-corrected chi connectivity index (χ1v) is 5.83. The standard InChI is InChI=1S/C10H8N4O4S/c1-13-5-12-8(14(17)18)9(13)19-7-3-2-6(4-11-7)10(15)16/h2-5H,1H3,(H,15,16). The molecule has 0 atom stereocenters. The van der Waals surface area contributed by atoms with Gasteiger partial charge in [-0.3, -0.25) is 0 Å². The number of aromatic nitrogens is 3. The molecule has 0 saturated carbocycles. The Kier molecular flexibility index (Phi) is 3.47. The number of aromatic carboxylic acids is 1. The molecule has 0 unspecified atom stereocenters. The summed E-state index contributed by atoms with van der Waals surface area (Å²) in [6, 6.07) is 2.88. The van der Waals surface area contributed by atoms with Crippen LogP contribution in [-0.2, 0) is 7.05 Å². The summed E-state index contributed by atoms with van der Waals surface area (Å²) < 4.78 is 1.51. The third kappa shape index (κ3) is 2.71. The van der Waals surface area contributed by atoms with Crippen LogP contribution in [-0.4, -0.2) is 30.5 Å². The van der Waals surface area contributed by atoms with Crippen LogP contribution in [0.3, 0.4) is 0 Å². The number of nitro groups is 1. The maximum Gasteiger partial charge on any atom is 0.396 e. The van der Waals surface area contributed by atoms with E-state index in [9.17, 15) is 14.9 Å². The van der Waals surface area contributed by atoms with E-state index in [2.05, 4.69) is 9.97 Å². The minimum Gasteiger partial charge on any atom is -0.478 e. The molecule has 1 N–H and O–H groups in total. The first kappa shape index (κ1) is 13.0. The summed E-state index contributed by atoms with van der Waals surface area (Å²) in [5, 5.41) is 20.3. The number of carbonyl (C=O) groups is 1. The van der Waals surface area contributed by atoms with Crippen molar-refractivity contribution in [1.29, 1.82) is 0 Å². The van der Waals surface area contributed by atoms with Crippen molar-refractivity contribution in [3.8, 4) is 0 Å². The van der Waals surface area contributed by atoms with Crippen molar-refractivity contribution in [1.82, 2.24) is 14.5 Å². The number of nitrogens with zero attached hydrogens (tertiary/aromatic N) is 4. The molecule has 0 saturated heterocycles. The molecular weight excluding hydrogens is 272 g/mol. The molecule has 9 heteroatoms. The van der Waals surface area contributed by atoms with E-state index in [1.54, 1.807) is 7.05 Å². The Hall–Kier alpha value is -2.42. The van der Waals surface area contributed by atoms with Crippen LogP contribution in [0.2, 0.25) is 0 Å². The van der Waals surface area contributed by atoms with E-state index in [0.29, 0.717) is 10.1 Å². The second-order valence-corrected chi connectivity index (χ2v) is 4.54. The number of rotatable bonds is 4. The summed E-state index contributed by atoms with van der Waals surface area (Å²) in [5.41, 5.74) is 0.0591. The summed E-state index contributed by atoms with van der Waals surface area (Å²) in [6.07, 6.45) is 2.54. The van der Waals surface area contributed by atoms with Gasteiger partial charge in [0.05, 0.1) is 5.56 Å². The van der Waals surface area contributed by atoms with Gasteiger partial charge in [0.1, 0.15) is 5.03 Å². The zero-order chi connectivity index (χ0) is 14.0. The first-order valence-electron chi connectivity index (χ1n) is 5.02. The Morgan fingerprint density at radius 3 is 2.74 bits per heavy atom. The first-order chi connectivity index (χ1) is 8.99. The van der Waals surface area contributed by atoms with Crippen molar-refractivity contribution in [3.05, 3.63) is 40.3 Å². The van der Waals surface area contributed by atoms with Gasteiger partial charge in [0.15, 0.2) is 5.03 Å². The molecule has 2 aromatic rings. The molecule has 0 aliphatic carbocycles. The van der Waals surface area contributed by atoms with Crippen molar-refractivity contribution in [2.45, 2.75) is 10.1 Å². The molecule has 98 valence electrons. The van der Waals surface area contributed by atoms with Crippen LogP contribution in [0.25, 0.3) is 0 Å². The number of pyridine rings is 1. The van der Waals surface area contributed by atoms with Gasteiger partial charge in [-0.05, 0) is 33.8 Å². The highest BCUT2D eigenvalue weighted by Crippen LogP contribution is 2.32. The summed E-state index contributed by atoms with van der Waals surface area (Å²) >= 11 is 1.05. The van der Waals surface area contributed by atoms with Gasteiger partial charge in [0.2, 0.25) is 6.33 Å². The third-order valence-electron chi connectivity index (χ3n) is 2.22. The summed E-state index contributed by atoms with van der Waals surface area (Å²) in [4.78, 5) is 28.5. The molecule has 0 fully saturated rings. The lowest BCUT2D eigenvalue weighted by atomic mass is 10.3. The number of imidazole rings is 1. The van der Waals surface area contributed by atoms with Crippen molar-refractivity contribution < 1.29 is 14.8 Å². The number of carboxylic acids is 1. The van der Waals surface area contributed by atoms with Crippen molar-refractivity contribution in [2.24, 2.45) is 7.05 Å². The molecular formula is C10H8N4O4S. The maximum absolute atomic E-state index is 10.8. The minimum atomic E-state index is -1.07. The maximum atomic E-state index is 10.8. The van der Waals surface area contributed by atoms with Gasteiger partial charge in [-0.25, -0.2) is 9.78 Å². The van der Waals surface area contributed by atoms with E-state index in [1.165, 1.54) is 29.2 Å². The molecule has 0 spiro atoms. The Morgan fingerprint density at radius 2 is 2.21 bits per heavy atom. The lowest BCUT2D eigenvalue weighted by molar-refractivity contribution is -0.392. The molecule has 2 aromatic heterocycles. The minimum absolute atomic E-state index is 0.0591. The van der Waals surface area contributed by atoms with Gasteiger partial charge in [-0.1, -0.05) is 0 Å². The van der Waals surface area contributed by atoms with Gasteiger partial charge in [0.25, 0.3) is 0 Å². The van der Waals surface area contributed by atoms with E-state index >= 15 is 0 Å². The highest BCUT2D eigenvalue weighted by molar-refractivity contribution is 7.99. The van der Waals surface area contributed by atoms with Crippen LogP contribution in [0, 0.1) is 10.1 Å². The average molecular weight is 280 g/mol. The molecule has 19 heavy (non-hydrogen) atoms. The van der Waals surface area contributed by atoms with Gasteiger partial charge >= 0.3 is 11.8 Å². The fourth-order valence-corrected chi connectivity index (χ4v) is 2.17. The third-order valence-corrected chi connectivity index (χ3v) is 3.34. The van der Waals surface area contributed by atoms with Crippen LogP contribution in [0.1, 0.15) is 10.4 Å². The van der Waals surface area contributed by atoms with Crippen LogP contribution in [0.4, 0.5) is 5.82 Å². The highest BCUT2D eigenvalue weighted by atomic mass is 32.2. The molecule has 2 rings (SSSR count). The lowest BCUT2D eigenvalue weighted by Gasteiger charge is -2.01. The number of hydrogen-bond donors (Lipinski definition) is 1. The van der Waals surface area contributed by atoms with Crippen molar-refractivity contribution in [3.63, 3.8) is 0 Å². The van der Waals surface area contributed by atoms with Crippen LogP contribution >= 0.6 is 11.8 Å². The second-order valence-electron chi connectivity index (χ2n) is 3.53. The van der Waals surface area contributed by atoms with Gasteiger partial charge in [0, 0.05) is 13.2 Å².